The summed E-state index contributed by atoms with van der Waals surface area (Å²) < 4.78 is 19.6. The molecule has 0 N–H and O–H groups in total. The molecule has 2 aliphatic rings. The van der Waals surface area contributed by atoms with Crippen LogP contribution in [0.15, 0.2) is 42.1 Å². The van der Waals surface area contributed by atoms with Crippen molar-refractivity contribution in [1.29, 1.82) is 0 Å². The van der Waals surface area contributed by atoms with Crippen molar-refractivity contribution in [2.45, 2.75) is 36.8 Å². The van der Waals surface area contributed by atoms with E-state index in [-0.39, 0.29) is 6.10 Å². The number of allylic oxidation sites excluding steroid dienone is 1. The van der Waals surface area contributed by atoms with Crippen LogP contribution < -0.4 is 9.47 Å². The van der Waals surface area contributed by atoms with E-state index in [0.29, 0.717) is 19.3 Å². The number of benzene rings is 1. The van der Waals surface area contributed by atoms with Gasteiger partial charge in [0.05, 0.1) is 6.10 Å². The fourth-order valence-electron chi connectivity index (χ4n) is 3.04. The van der Waals surface area contributed by atoms with Crippen LogP contribution in [-0.4, -0.2) is 39.8 Å². The summed E-state index contributed by atoms with van der Waals surface area (Å²) in [5.74, 6) is 3.16. The van der Waals surface area contributed by atoms with Crippen LogP contribution in [0.1, 0.15) is 24.8 Å². The Bertz CT molecular complexity index is 743. The standard InChI is InChI=1S/C18H21N3O3S/c1-2-9-21-17(16-11-23-14-7-3-4-8-15(14)24-16)19-20-18(21)25-12-13-6-5-10-22-13/h2-4,7-8,13,16H,1,5-6,9-12H2. The lowest BCUT2D eigenvalue weighted by atomic mass is 10.2. The van der Waals surface area contributed by atoms with Crippen molar-refractivity contribution in [2.24, 2.45) is 0 Å². The maximum absolute atomic E-state index is 6.08. The maximum Gasteiger partial charge on any atom is 0.192 e. The minimum atomic E-state index is -0.278. The highest BCUT2D eigenvalue weighted by Crippen LogP contribution is 2.36. The summed E-state index contributed by atoms with van der Waals surface area (Å²) >= 11 is 1.67. The molecule has 7 heteroatoms. The Balaban J connectivity index is 1.52. The summed E-state index contributed by atoms with van der Waals surface area (Å²) in [6.07, 6.45) is 4.14. The Kier molecular flexibility index (Phi) is 4.94. The summed E-state index contributed by atoms with van der Waals surface area (Å²) in [4.78, 5) is 0. The van der Waals surface area contributed by atoms with Gasteiger partial charge in [-0.2, -0.15) is 0 Å². The predicted octanol–water partition coefficient (Wildman–Crippen LogP) is 3.25. The van der Waals surface area contributed by atoms with Gasteiger partial charge in [-0.15, -0.1) is 16.8 Å². The van der Waals surface area contributed by atoms with Crippen molar-refractivity contribution < 1.29 is 14.2 Å². The number of thioether (sulfide) groups is 1. The Hall–Kier alpha value is -1.99. The van der Waals surface area contributed by atoms with Crippen LogP contribution in [0, 0.1) is 0 Å². The van der Waals surface area contributed by atoms with Gasteiger partial charge in [-0.1, -0.05) is 30.0 Å². The second kappa shape index (κ2) is 7.49. The van der Waals surface area contributed by atoms with Crippen LogP contribution in [-0.2, 0) is 11.3 Å². The molecular formula is C18H21N3O3S. The monoisotopic (exact) mass is 359 g/mol. The lowest BCUT2D eigenvalue weighted by Crippen LogP contribution is -2.25. The molecule has 0 radical (unpaired) electrons. The first-order valence-corrected chi connectivity index (χ1v) is 9.50. The van der Waals surface area contributed by atoms with Gasteiger partial charge in [-0.05, 0) is 25.0 Å². The number of nitrogens with zero attached hydrogens (tertiary/aromatic N) is 3. The van der Waals surface area contributed by atoms with E-state index in [1.165, 1.54) is 0 Å². The fraction of sp³-hybridized carbons (Fsp3) is 0.444. The van der Waals surface area contributed by atoms with Crippen molar-refractivity contribution in [2.75, 3.05) is 19.0 Å². The zero-order chi connectivity index (χ0) is 17.1. The molecule has 132 valence electrons. The molecule has 6 nitrogen and oxygen atoms in total. The Morgan fingerprint density at radius 2 is 2.16 bits per heavy atom. The van der Waals surface area contributed by atoms with E-state index in [4.69, 9.17) is 14.2 Å². The molecule has 1 aromatic heterocycles. The third kappa shape index (κ3) is 3.52. The van der Waals surface area contributed by atoms with E-state index in [0.717, 1.165) is 47.7 Å². The number of fused-ring (bicyclic) bond motifs is 1. The molecule has 2 aliphatic heterocycles. The lowest BCUT2D eigenvalue weighted by molar-refractivity contribution is 0.0821. The van der Waals surface area contributed by atoms with Crippen molar-refractivity contribution in [1.82, 2.24) is 14.8 Å². The first-order chi connectivity index (χ1) is 12.3. The van der Waals surface area contributed by atoms with Gasteiger partial charge in [-0.3, -0.25) is 4.57 Å². The maximum atomic E-state index is 6.08. The fourth-order valence-corrected chi connectivity index (χ4v) is 4.06. The molecule has 2 aromatic rings. The average Bonchev–Trinajstić information content (AvgIpc) is 3.30. The van der Waals surface area contributed by atoms with Crippen molar-refractivity contribution in [3.63, 3.8) is 0 Å². The zero-order valence-electron chi connectivity index (χ0n) is 14.0. The molecule has 1 saturated heterocycles. The van der Waals surface area contributed by atoms with Gasteiger partial charge in [0.25, 0.3) is 0 Å². The van der Waals surface area contributed by atoms with Gasteiger partial charge in [-0.25, -0.2) is 0 Å². The van der Waals surface area contributed by atoms with Crippen LogP contribution in [0.3, 0.4) is 0 Å². The van der Waals surface area contributed by atoms with Gasteiger partial charge in [0.15, 0.2) is 28.6 Å². The van der Waals surface area contributed by atoms with E-state index in [1.54, 1.807) is 11.8 Å². The third-order valence-corrected chi connectivity index (χ3v) is 5.37. The minimum absolute atomic E-state index is 0.278. The highest BCUT2D eigenvalue weighted by atomic mass is 32.2. The first-order valence-electron chi connectivity index (χ1n) is 8.52. The van der Waals surface area contributed by atoms with E-state index in [9.17, 15) is 0 Å². The molecular weight excluding hydrogens is 338 g/mol. The van der Waals surface area contributed by atoms with Crippen LogP contribution >= 0.6 is 11.8 Å². The quantitative estimate of drug-likeness (QED) is 0.583. The molecule has 1 aromatic carbocycles. The summed E-state index contributed by atoms with van der Waals surface area (Å²) in [7, 11) is 0. The molecule has 1 fully saturated rings. The largest absolute Gasteiger partial charge is 0.485 e. The SMILES string of the molecule is C=CCn1c(SCC2CCCO2)nnc1C1COc2ccccc2O1. The molecule has 4 rings (SSSR count). The summed E-state index contributed by atoms with van der Waals surface area (Å²) in [5.41, 5.74) is 0. The summed E-state index contributed by atoms with van der Waals surface area (Å²) in [6, 6.07) is 7.68. The van der Waals surface area contributed by atoms with E-state index < -0.39 is 0 Å². The van der Waals surface area contributed by atoms with E-state index in [2.05, 4.69) is 21.3 Å². The third-order valence-electron chi connectivity index (χ3n) is 4.28. The lowest BCUT2D eigenvalue weighted by Gasteiger charge is -2.26. The van der Waals surface area contributed by atoms with Gasteiger partial charge in [0.1, 0.15) is 6.61 Å². The predicted molar refractivity (Wildman–Crippen MR) is 95.2 cm³/mol. The molecule has 0 spiro atoms. The molecule has 0 bridgehead atoms. The second-order valence-electron chi connectivity index (χ2n) is 6.05. The molecule has 2 atom stereocenters. The minimum Gasteiger partial charge on any atom is -0.485 e. The van der Waals surface area contributed by atoms with Gasteiger partial charge >= 0.3 is 0 Å². The molecule has 25 heavy (non-hydrogen) atoms. The van der Waals surface area contributed by atoms with Crippen molar-refractivity contribution >= 4 is 11.8 Å². The van der Waals surface area contributed by atoms with E-state index in [1.807, 2.05) is 30.3 Å². The highest BCUT2D eigenvalue weighted by molar-refractivity contribution is 7.99. The highest BCUT2D eigenvalue weighted by Gasteiger charge is 2.28. The number of hydrogen-bond donors (Lipinski definition) is 0. The first kappa shape index (κ1) is 16.5. The average molecular weight is 359 g/mol. The van der Waals surface area contributed by atoms with Crippen LogP contribution in [0.25, 0.3) is 0 Å². The molecule has 2 unspecified atom stereocenters. The number of hydrogen-bond acceptors (Lipinski definition) is 6. The van der Waals surface area contributed by atoms with Gasteiger partial charge < -0.3 is 14.2 Å². The Morgan fingerprint density at radius 1 is 1.28 bits per heavy atom. The summed E-state index contributed by atoms with van der Waals surface area (Å²) in [5, 5.41) is 9.61. The molecule has 3 heterocycles. The number of ether oxygens (including phenoxy) is 3. The van der Waals surface area contributed by atoms with Crippen LogP contribution in [0.2, 0.25) is 0 Å². The van der Waals surface area contributed by atoms with Crippen molar-refractivity contribution in [3.8, 4) is 11.5 Å². The Labute approximate surface area is 151 Å². The van der Waals surface area contributed by atoms with Gasteiger partial charge in [0, 0.05) is 18.9 Å². The van der Waals surface area contributed by atoms with Crippen molar-refractivity contribution in [3.05, 3.63) is 42.7 Å². The summed E-state index contributed by atoms with van der Waals surface area (Å²) in [6.45, 7) is 5.77. The normalized spacial score (nSPS) is 22.1. The van der Waals surface area contributed by atoms with Crippen LogP contribution in [0.4, 0.5) is 0 Å². The Morgan fingerprint density at radius 3 is 2.96 bits per heavy atom. The zero-order valence-corrected chi connectivity index (χ0v) is 14.8. The van der Waals surface area contributed by atoms with Gasteiger partial charge in [0.2, 0.25) is 0 Å². The number of aromatic nitrogens is 3. The van der Waals surface area contributed by atoms with Crippen LogP contribution in [0.5, 0.6) is 11.5 Å². The molecule has 0 aliphatic carbocycles. The second-order valence-corrected chi connectivity index (χ2v) is 7.04. The molecule has 0 saturated carbocycles. The smallest absolute Gasteiger partial charge is 0.192 e. The van der Waals surface area contributed by atoms with E-state index >= 15 is 0 Å². The number of para-hydroxylation sites is 2. The topological polar surface area (TPSA) is 58.4 Å². The molecule has 0 amide bonds. The number of rotatable bonds is 6.